The van der Waals surface area contributed by atoms with Crippen LogP contribution in [-0.4, -0.2) is 5.11 Å². The van der Waals surface area contributed by atoms with Crippen molar-refractivity contribution in [3.05, 3.63) is 67.6 Å². The molecule has 100 valence electrons. The van der Waals surface area contributed by atoms with Gasteiger partial charge in [0.15, 0.2) is 0 Å². The monoisotopic (exact) mass is 366 g/mol. The van der Waals surface area contributed by atoms with E-state index in [4.69, 9.17) is 23.2 Å². The predicted molar refractivity (Wildman–Crippen MR) is 74.6 cm³/mol. The molecule has 0 aliphatic rings. The van der Waals surface area contributed by atoms with Crippen LogP contribution in [0, 0.1) is 11.6 Å². The normalized spacial score (nSPS) is 12.5. The number of rotatable bonds is 2. The van der Waals surface area contributed by atoms with Gasteiger partial charge >= 0.3 is 0 Å². The van der Waals surface area contributed by atoms with Crippen molar-refractivity contribution >= 4 is 39.1 Å². The van der Waals surface area contributed by atoms with Gasteiger partial charge in [-0.1, -0.05) is 35.3 Å². The Hall–Kier alpha value is -0.680. The molecular weight excluding hydrogens is 361 g/mol. The molecule has 0 saturated carbocycles. The van der Waals surface area contributed by atoms with Crippen molar-refractivity contribution in [1.29, 1.82) is 0 Å². The number of hydrogen-bond donors (Lipinski definition) is 1. The van der Waals surface area contributed by atoms with Crippen LogP contribution < -0.4 is 0 Å². The fraction of sp³-hybridized carbons (Fsp3) is 0.0769. The van der Waals surface area contributed by atoms with Gasteiger partial charge in [-0.15, -0.1) is 0 Å². The highest BCUT2D eigenvalue weighted by Gasteiger charge is 2.20. The SMILES string of the molecule is OC(c1ccc(F)cc1Cl)c1ccc(Br)c(Cl)c1F. The average molecular weight is 368 g/mol. The summed E-state index contributed by atoms with van der Waals surface area (Å²) in [5, 5.41) is 10.0. The maximum atomic E-state index is 14.0. The van der Waals surface area contributed by atoms with Crippen molar-refractivity contribution in [1.82, 2.24) is 0 Å². The molecule has 0 aromatic heterocycles. The van der Waals surface area contributed by atoms with Gasteiger partial charge in [-0.25, -0.2) is 8.78 Å². The third kappa shape index (κ3) is 2.92. The molecule has 2 rings (SSSR count). The molecule has 19 heavy (non-hydrogen) atoms. The van der Waals surface area contributed by atoms with Crippen LogP contribution in [0.15, 0.2) is 34.8 Å². The standard InChI is InChI=1S/C13H7BrCl2F2O/c14-9-4-3-8(12(18)11(9)16)13(19)7-2-1-6(17)5-10(7)15/h1-5,13,19H. The largest absolute Gasteiger partial charge is 0.383 e. The van der Waals surface area contributed by atoms with Crippen molar-refractivity contribution in [2.45, 2.75) is 6.10 Å². The number of benzene rings is 2. The van der Waals surface area contributed by atoms with Crippen molar-refractivity contribution in [3.63, 3.8) is 0 Å². The molecule has 0 saturated heterocycles. The lowest BCUT2D eigenvalue weighted by Gasteiger charge is -2.15. The highest BCUT2D eigenvalue weighted by atomic mass is 79.9. The Morgan fingerprint density at radius 2 is 1.68 bits per heavy atom. The first-order valence-corrected chi connectivity index (χ1v) is 6.73. The highest BCUT2D eigenvalue weighted by Crippen LogP contribution is 2.35. The first-order chi connectivity index (χ1) is 8.91. The minimum atomic E-state index is -1.32. The van der Waals surface area contributed by atoms with Gasteiger partial charge in [-0.2, -0.15) is 0 Å². The molecule has 2 aromatic rings. The van der Waals surface area contributed by atoms with Crippen molar-refractivity contribution < 1.29 is 13.9 Å². The number of aliphatic hydroxyl groups excluding tert-OH is 1. The van der Waals surface area contributed by atoms with Crippen molar-refractivity contribution in [3.8, 4) is 0 Å². The molecule has 6 heteroatoms. The zero-order valence-electron chi connectivity index (χ0n) is 9.30. The molecule has 1 unspecified atom stereocenters. The molecule has 0 spiro atoms. The topological polar surface area (TPSA) is 20.2 Å². The summed E-state index contributed by atoms with van der Waals surface area (Å²) in [5.41, 5.74) is 0.182. The van der Waals surface area contributed by atoms with E-state index in [1.54, 1.807) is 0 Å². The van der Waals surface area contributed by atoms with Crippen molar-refractivity contribution in [2.24, 2.45) is 0 Å². The van der Waals surface area contributed by atoms with Gasteiger partial charge in [0, 0.05) is 20.6 Å². The number of aliphatic hydroxyl groups is 1. The van der Waals surface area contributed by atoms with E-state index in [2.05, 4.69) is 15.9 Å². The van der Waals surface area contributed by atoms with E-state index in [1.807, 2.05) is 0 Å². The second-order valence-electron chi connectivity index (χ2n) is 3.83. The molecule has 0 amide bonds. The van der Waals surface area contributed by atoms with E-state index in [0.29, 0.717) is 4.47 Å². The molecule has 1 nitrogen and oxygen atoms in total. The average Bonchev–Trinajstić information content (AvgIpc) is 2.35. The maximum absolute atomic E-state index is 14.0. The summed E-state index contributed by atoms with van der Waals surface area (Å²) < 4.78 is 27.3. The van der Waals surface area contributed by atoms with Gasteiger partial charge in [-0.3, -0.25) is 0 Å². The number of halogens is 5. The lowest BCUT2D eigenvalue weighted by molar-refractivity contribution is 0.215. The summed E-state index contributed by atoms with van der Waals surface area (Å²) in [6, 6.07) is 6.40. The summed E-state index contributed by atoms with van der Waals surface area (Å²) in [7, 11) is 0. The Balaban J connectivity index is 2.50. The summed E-state index contributed by atoms with van der Waals surface area (Å²) in [4.78, 5) is 0. The third-order valence-corrected chi connectivity index (χ3v) is 4.20. The Kier molecular flexibility index (Phi) is 4.46. The Morgan fingerprint density at radius 3 is 2.32 bits per heavy atom. The summed E-state index contributed by atoms with van der Waals surface area (Å²) in [5.74, 6) is -1.28. The third-order valence-electron chi connectivity index (χ3n) is 2.62. The van der Waals surface area contributed by atoms with Crippen LogP contribution in [0.3, 0.4) is 0 Å². The van der Waals surface area contributed by atoms with Crippen LogP contribution in [0.5, 0.6) is 0 Å². The van der Waals surface area contributed by atoms with E-state index in [9.17, 15) is 13.9 Å². The fourth-order valence-electron chi connectivity index (χ4n) is 1.64. The molecule has 0 fully saturated rings. The van der Waals surface area contributed by atoms with Gasteiger partial charge in [-0.05, 0) is 34.1 Å². The van der Waals surface area contributed by atoms with E-state index >= 15 is 0 Å². The molecule has 1 atom stereocenters. The van der Waals surface area contributed by atoms with Gasteiger partial charge in [0.25, 0.3) is 0 Å². The molecular formula is C13H7BrCl2F2O. The minimum Gasteiger partial charge on any atom is -0.383 e. The van der Waals surface area contributed by atoms with Crippen LogP contribution in [0.1, 0.15) is 17.2 Å². The first kappa shape index (κ1) is 14.7. The van der Waals surface area contributed by atoms with Crippen LogP contribution in [0.4, 0.5) is 8.78 Å². The Bertz CT molecular complexity index is 634. The molecule has 0 aliphatic heterocycles. The minimum absolute atomic E-state index is 0.0194. The number of hydrogen-bond acceptors (Lipinski definition) is 1. The smallest absolute Gasteiger partial charge is 0.149 e. The predicted octanol–water partition coefficient (Wildman–Crippen LogP) is 5.12. The fourth-order valence-corrected chi connectivity index (χ4v) is 2.39. The molecule has 2 aromatic carbocycles. The first-order valence-electron chi connectivity index (χ1n) is 5.18. The summed E-state index contributed by atoms with van der Waals surface area (Å²) in [6.45, 7) is 0. The zero-order valence-corrected chi connectivity index (χ0v) is 12.4. The Morgan fingerprint density at radius 1 is 1.05 bits per heavy atom. The highest BCUT2D eigenvalue weighted by molar-refractivity contribution is 9.10. The van der Waals surface area contributed by atoms with E-state index in [0.717, 1.165) is 12.1 Å². The van der Waals surface area contributed by atoms with Gasteiger partial charge in [0.1, 0.15) is 17.7 Å². The van der Waals surface area contributed by atoms with Gasteiger partial charge in [0.05, 0.1) is 5.02 Å². The molecule has 0 aliphatic carbocycles. The van der Waals surface area contributed by atoms with E-state index in [1.165, 1.54) is 18.2 Å². The lowest BCUT2D eigenvalue weighted by atomic mass is 10.0. The summed E-state index contributed by atoms with van der Waals surface area (Å²) in [6.07, 6.45) is -1.32. The van der Waals surface area contributed by atoms with Crippen LogP contribution in [0.25, 0.3) is 0 Å². The second-order valence-corrected chi connectivity index (χ2v) is 5.47. The summed E-state index contributed by atoms with van der Waals surface area (Å²) >= 11 is 14.7. The van der Waals surface area contributed by atoms with Gasteiger partial charge in [0.2, 0.25) is 0 Å². The maximum Gasteiger partial charge on any atom is 0.149 e. The van der Waals surface area contributed by atoms with Crippen LogP contribution in [-0.2, 0) is 0 Å². The molecule has 1 N–H and O–H groups in total. The second kappa shape index (κ2) is 5.75. The van der Waals surface area contributed by atoms with Gasteiger partial charge < -0.3 is 5.11 Å². The van der Waals surface area contributed by atoms with E-state index in [-0.39, 0.29) is 21.2 Å². The van der Waals surface area contributed by atoms with Crippen LogP contribution in [0.2, 0.25) is 10.0 Å². The molecule has 0 radical (unpaired) electrons. The lowest BCUT2D eigenvalue weighted by Crippen LogP contribution is -2.04. The quantitative estimate of drug-likeness (QED) is 0.730. The molecule has 0 bridgehead atoms. The Labute approximate surface area is 126 Å². The molecule has 0 heterocycles. The van der Waals surface area contributed by atoms with E-state index < -0.39 is 17.7 Å². The van der Waals surface area contributed by atoms with Crippen LogP contribution >= 0.6 is 39.1 Å². The van der Waals surface area contributed by atoms with Crippen molar-refractivity contribution in [2.75, 3.05) is 0 Å². The zero-order chi connectivity index (χ0) is 14.2.